The first-order valence-corrected chi connectivity index (χ1v) is 10.8. The Bertz CT molecular complexity index is 833. The molecule has 0 spiro atoms. The Balaban J connectivity index is 1.50. The van der Waals surface area contributed by atoms with E-state index in [1.54, 1.807) is 7.11 Å². The SMILES string of the molecule is COCCn1c(C(=O)NC[C@H]2CCCN3CCCC[C@H]23)cc2cc(Cl)ccc21. The van der Waals surface area contributed by atoms with Gasteiger partial charge in [-0.3, -0.25) is 4.79 Å². The number of fused-ring (bicyclic) bond motifs is 2. The Labute approximate surface area is 172 Å². The van der Waals surface area contributed by atoms with Crippen LogP contribution in [0.4, 0.5) is 0 Å². The summed E-state index contributed by atoms with van der Waals surface area (Å²) in [6.45, 7) is 4.41. The van der Waals surface area contributed by atoms with Crippen LogP contribution in [-0.2, 0) is 11.3 Å². The highest BCUT2D eigenvalue weighted by Gasteiger charge is 2.33. The lowest BCUT2D eigenvalue weighted by Crippen LogP contribution is -2.51. The third-order valence-electron chi connectivity index (χ3n) is 6.37. The quantitative estimate of drug-likeness (QED) is 0.794. The number of carbonyl (C=O) groups is 1. The minimum Gasteiger partial charge on any atom is -0.383 e. The highest BCUT2D eigenvalue weighted by atomic mass is 35.5. The van der Waals surface area contributed by atoms with E-state index in [2.05, 4.69) is 10.2 Å². The minimum atomic E-state index is -0.00337. The second-order valence-electron chi connectivity index (χ2n) is 8.09. The first kappa shape index (κ1) is 19.7. The van der Waals surface area contributed by atoms with E-state index < -0.39 is 0 Å². The van der Waals surface area contributed by atoms with Crippen LogP contribution in [0.15, 0.2) is 24.3 Å². The Morgan fingerprint density at radius 3 is 2.93 bits per heavy atom. The number of hydrogen-bond acceptors (Lipinski definition) is 3. The van der Waals surface area contributed by atoms with E-state index in [1.807, 2.05) is 28.8 Å². The molecule has 0 bridgehead atoms. The van der Waals surface area contributed by atoms with Gasteiger partial charge >= 0.3 is 0 Å². The van der Waals surface area contributed by atoms with Crippen LogP contribution >= 0.6 is 11.6 Å². The molecule has 2 saturated heterocycles. The molecule has 152 valence electrons. The summed E-state index contributed by atoms with van der Waals surface area (Å²) in [5.41, 5.74) is 1.70. The maximum atomic E-state index is 13.1. The highest BCUT2D eigenvalue weighted by molar-refractivity contribution is 6.31. The lowest BCUT2D eigenvalue weighted by Gasteiger charge is -2.44. The summed E-state index contributed by atoms with van der Waals surface area (Å²) in [5.74, 6) is 0.556. The molecule has 0 saturated carbocycles. The van der Waals surface area contributed by atoms with Crippen molar-refractivity contribution in [2.24, 2.45) is 5.92 Å². The largest absolute Gasteiger partial charge is 0.383 e. The van der Waals surface area contributed by atoms with Gasteiger partial charge in [-0.2, -0.15) is 0 Å². The van der Waals surface area contributed by atoms with Crippen molar-refractivity contribution in [2.75, 3.05) is 33.4 Å². The molecule has 0 aliphatic carbocycles. The number of methoxy groups -OCH3 is 1. The molecule has 28 heavy (non-hydrogen) atoms. The third kappa shape index (κ3) is 4.07. The molecule has 5 nitrogen and oxygen atoms in total. The van der Waals surface area contributed by atoms with E-state index in [0.29, 0.717) is 35.8 Å². The molecule has 0 unspecified atom stereocenters. The zero-order valence-electron chi connectivity index (χ0n) is 16.6. The standard InChI is InChI=1S/C22H30ClN3O2/c1-28-12-11-26-20-8-7-18(23)13-17(20)14-21(26)22(27)24-15-16-5-4-10-25-9-3-2-6-19(16)25/h7-8,13-14,16,19H,2-6,9-12,15H2,1H3,(H,24,27)/t16-,19-/m1/s1. The molecule has 2 atom stereocenters. The van der Waals surface area contributed by atoms with Gasteiger partial charge in [-0.25, -0.2) is 0 Å². The van der Waals surface area contributed by atoms with Crippen molar-refractivity contribution < 1.29 is 9.53 Å². The molecule has 2 fully saturated rings. The van der Waals surface area contributed by atoms with Gasteiger partial charge in [0.25, 0.3) is 5.91 Å². The van der Waals surface area contributed by atoms with Gasteiger partial charge in [-0.05, 0) is 69.0 Å². The number of rotatable bonds is 6. The van der Waals surface area contributed by atoms with E-state index in [4.69, 9.17) is 16.3 Å². The fraction of sp³-hybridized carbons (Fsp3) is 0.591. The topological polar surface area (TPSA) is 46.5 Å². The van der Waals surface area contributed by atoms with Crippen LogP contribution in [0.2, 0.25) is 5.02 Å². The Morgan fingerprint density at radius 1 is 1.21 bits per heavy atom. The van der Waals surface area contributed by atoms with Gasteiger partial charge in [-0.15, -0.1) is 0 Å². The number of halogens is 1. The molecule has 1 aromatic heterocycles. The highest BCUT2D eigenvalue weighted by Crippen LogP contribution is 2.30. The number of carbonyl (C=O) groups excluding carboxylic acids is 1. The molecule has 0 radical (unpaired) electrons. The van der Waals surface area contributed by atoms with E-state index in [9.17, 15) is 4.79 Å². The summed E-state index contributed by atoms with van der Waals surface area (Å²) in [4.78, 5) is 15.7. The Hall–Kier alpha value is -1.56. The van der Waals surface area contributed by atoms with Crippen molar-refractivity contribution in [3.63, 3.8) is 0 Å². The fourth-order valence-electron chi connectivity index (χ4n) is 4.98. The van der Waals surface area contributed by atoms with E-state index in [0.717, 1.165) is 17.4 Å². The summed E-state index contributed by atoms with van der Waals surface area (Å²) in [6.07, 6.45) is 6.36. The van der Waals surface area contributed by atoms with Gasteiger partial charge in [0, 0.05) is 42.2 Å². The normalized spacial score (nSPS) is 22.9. The Kier molecular flexibility index (Phi) is 6.24. The number of piperidine rings is 2. The number of ether oxygens (including phenoxy) is 1. The van der Waals surface area contributed by atoms with Crippen molar-refractivity contribution in [2.45, 2.75) is 44.7 Å². The monoisotopic (exact) mass is 403 g/mol. The van der Waals surface area contributed by atoms with Crippen molar-refractivity contribution in [3.8, 4) is 0 Å². The predicted molar refractivity (Wildman–Crippen MR) is 113 cm³/mol. The molecule has 2 aromatic rings. The van der Waals surface area contributed by atoms with Crippen molar-refractivity contribution in [1.29, 1.82) is 0 Å². The van der Waals surface area contributed by atoms with Crippen LogP contribution in [0.5, 0.6) is 0 Å². The van der Waals surface area contributed by atoms with E-state index in [-0.39, 0.29) is 5.91 Å². The van der Waals surface area contributed by atoms with Gasteiger partial charge in [-0.1, -0.05) is 18.0 Å². The molecule has 1 aromatic carbocycles. The number of nitrogens with zero attached hydrogens (tertiary/aromatic N) is 2. The number of nitrogens with one attached hydrogen (secondary N) is 1. The molecule has 3 heterocycles. The zero-order chi connectivity index (χ0) is 19.5. The molecule has 1 N–H and O–H groups in total. The second kappa shape index (κ2) is 8.85. The number of amides is 1. The van der Waals surface area contributed by atoms with Crippen LogP contribution in [-0.4, -0.2) is 54.8 Å². The maximum absolute atomic E-state index is 13.1. The van der Waals surface area contributed by atoms with Crippen molar-refractivity contribution in [3.05, 3.63) is 35.0 Å². The smallest absolute Gasteiger partial charge is 0.267 e. The van der Waals surface area contributed by atoms with E-state index in [1.165, 1.54) is 45.2 Å². The first-order valence-electron chi connectivity index (χ1n) is 10.5. The van der Waals surface area contributed by atoms with E-state index >= 15 is 0 Å². The molecule has 1 amide bonds. The van der Waals surface area contributed by atoms with Crippen LogP contribution in [0.3, 0.4) is 0 Å². The molecular formula is C22H30ClN3O2. The molecule has 2 aliphatic heterocycles. The van der Waals surface area contributed by atoms with Crippen LogP contribution in [0, 0.1) is 5.92 Å². The summed E-state index contributed by atoms with van der Waals surface area (Å²) in [5, 5.41) is 4.91. The average Bonchev–Trinajstić information content (AvgIpc) is 3.08. The number of hydrogen-bond donors (Lipinski definition) is 1. The minimum absolute atomic E-state index is 0.00337. The number of aromatic nitrogens is 1. The van der Waals surface area contributed by atoms with Gasteiger partial charge in [0.2, 0.25) is 0 Å². The van der Waals surface area contributed by atoms with Crippen LogP contribution in [0.1, 0.15) is 42.6 Å². The van der Waals surface area contributed by atoms with Gasteiger partial charge in [0.05, 0.1) is 6.61 Å². The average molecular weight is 404 g/mol. The zero-order valence-corrected chi connectivity index (χ0v) is 17.4. The summed E-state index contributed by atoms with van der Waals surface area (Å²) < 4.78 is 7.29. The van der Waals surface area contributed by atoms with Crippen LogP contribution in [0.25, 0.3) is 10.9 Å². The summed E-state index contributed by atoms with van der Waals surface area (Å²) in [6, 6.07) is 8.35. The van der Waals surface area contributed by atoms with Gasteiger partial charge < -0.3 is 19.5 Å². The summed E-state index contributed by atoms with van der Waals surface area (Å²) >= 11 is 6.15. The van der Waals surface area contributed by atoms with Gasteiger partial charge in [0.1, 0.15) is 5.69 Å². The second-order valence-corrected chi connectivity index (χ2v) is 8.53. The predicted octanol–water partition coefficient (Wildman–Crippen LogP) is 3.94. The lowest BCUT2D eigenvalue weighted by atomic mass is 9.83. The van der Waals surface area contributed by atoms with Crippen LogP contribution < -0.4 is 5.32 Å². The third-order valence-corrected chi connectivity index (χ3v) is 6.60. The summed E-state index contributed by atoms with van der Waals surface area (Å²) in [7, 11) is 1.68. The van der Waals surface area contributed by atoms with Gasteiger partial charge in [0.15, 0.2) is 0 Å². The number of benzene rings is 1. The lowest BCUT2D eigenvalue weighted by molar-refractivity contribution is 0.0574. The Morgan fingerprint density at radius 2 is 2.07 bits per heavy atom. The van der Waals surface area contributed by atoms with Crippen molar-refractivity contribution >= 4 is 28.4 Å². The first-order chi connectivity index (χ1) is 13.7. The molecule has 2 aliphatic rings. The molecule has 6 heteroatoms. The fourth-order valence-corrected chi connectivity index (χ4v) is 5.16. The maximum Gasteiger partial charge on any atom is 0.267 e. The van der Waals surface area contributed by atoms with Crippen molar-refractivity contribution in [1.82, 2.24) is 14.8 Å². The molecular weight excluding hydrogens is 374 g/mol. The molecule has 4 rings (SSSR count).